The Morgan fingerprint density at radius 3 is 2.59 bits per heavy atom. The lowest BCUT2D eigenvalue weighted by Crippen LogP contribution is -2.51. The van der Waals surface area contributed by atoms with E-state index in [4.69, 9.17) is 5.73 Å². The normalized spacial score (nSPS) is 40.1. The van der Waals surface area contributed by atoms with Gasteiger partial charge in [0.2, 0.25) is 0 Å². The second-order valence-electron chi connectivity index (χ2n) is 6.22. The number of hydrogen-bond acceptors (Lipinski definition) is 3. The smallest absolute Gasteiger partial charge is 0.0250 e. The lowest BCUT2D eigenvalue weighted by molar-refractivity contribution is 0.126. The number of nitrogens with zero attached hydrogens (tertiary/aromatic N) is 2. The molecule has 2 aliphatic rings. The molecule has 0 aromatic carbocycles. The van der Waals surface area contributed by atoms with E-state index in [-0.39, 0.29) is 0 Å². The Bertz CT molecular complexity index is 242. The summed E-state index contributed by atoms with van der Waals surface area (Å²) in [5.74, 6) is 0.915. The van der Waals surface area contributed by atoms with Crippen LogP contribution in [0.3, 0.4) is 0 Å². The van der Waals surface area contributed by atoms with Crippen LogP contribution in [-0.4, -0.2) is 55.1 Å². The van der Waals surface area contributed by atoms with E-state index >= 15 is 0 Å². The third-order valence-electron chi connectivity index (χ3n) is 4.95. The molecule has 3 nitrogen and oxygen atoms in total. The van der Waals surface area contributed by atoms with E-state index in [0.717, 1.165) is 12.0 Å². The SMILES string of the molecule is CCC1CCC(N)C(N2CCC(N(C)C)C2)C1. The lowest BCUT2D eigenvalue weighted by atomic mass is 9.81. The maximum Gasteiger partial charge on any atom is 0.0250 e. The van der Waals surface area contributed by atoms with E-state index in [9.17, 15) is 0 Å². The molecule has 100 valence electrons. The Balaban J connectivity index is 1.92. The van der Waals surface area contributed by atoms with E-state index in [2.05, 4.69) is 30.8 Å². The predicted octanol–water partition coefficient (Wildman–Crippen LogP) is 1.53. The fraction of sp³-hybridized carbons (Fsp3) is 1.00. The van der Waals surface area contributed by atoms with Crippen molar-refractivity contribution in [1.29, 1.82) is 0 Å². The predicted molar refractivity (Wildman–Crippen MR) is 73.1 cm³/mol. The van der Waals surface area contributed by atoms with Crippen LogP contribution in [0.25, 0.3) is 0 Å². The topological polar surface area (TPSA) is 32.5 Å². The fourth-order valence-corrected chi connectivity index (χ4v) is 3.54. The van der Waals surface area contributed by atoms with Gasteiger partial charge in [0, 0.05) is 31.2 Å². The first kappa shape index (κ1) is 13.3. The highest BCUT2D eigenvalue weighted by Gasteiger charge is 2.35. The summed E-state index contributed by atoms with van der Waals surface area (Å²) in [4.78, 5) is 5.03. The first-order chi connectivity index (χ1) is 8.11. The van der Waals surface area contributed by atoms with Crippen LogP contribution in [0.2, 0.25) is 0 Å². The summed E-state index contributed by atoms with van der Waals surface area (Å²) >= 11 is 0. The van der Waals surface area contributed by atoms with Crippen LogP contribution >= 0.6 is 0 Å². The second-order valence-corrected chi connectivity index (χ2v) is 6.22. The highest BCUT2D eigenvalue weighted by Crippen LogP contribution is 2.31. The molecule has 4 unspecified atom stereocenters. The molecule has 1 heterocycles. The molecule has 0 radical (unpaired) electrons. The molecule has 4 atom stereocenters. The molecule has 3 heteroatoms. The molecule has 1 aliphatic heterocycles. The first-order valence-corrected chi connectivity index (χ1v) is 7.27. The first-order valence-electron chi connectivity index (χ1n) is 7.27. The second kappa shape index (κ2) is 5.68. The van der Waals surface area contributed by atoms with Gasteiger partial charge >= 0.3 is 0 Å². The molecule has 1 saturated carbocycles. The number of nitrogens with two attached hydrogens (primary N) is 1. The van der Waals surface area contributed by atoms with Gasteiger partial charge in [-0.05, 0) is 45.7 Å². The lowest BCUT2D eigenvalue weighted by Gasteiger charge is -2.39. The third-order valence-corrected chi connectivity index (χ3v) is 4.95. The van der Waals surface area contributed by atoms with E-state index in [1.54, 1.807) is 0 Å². The van der Waals surface area contributed by atoms with Crippen molar-refractivity contribution in [1.82, 2.24) is 9.80 Å². The van der Waals surface area contributed by atoms with Gasteiger partial charge in [-0.3, -0.25) is 4.90 Å². The zero-order valence-corrected chi connectivity index (χ0v) is 11.7. The van der Waals surface area contributed by atoms with E-state index in [1.807, 2.05) is 0 Å². The Kier molecular flexibility index (Phi) is 4.45. The van der Waals surface area contributed by atoms with Gasteiger partial charge in [-0.15, -0.1) is 0 Å². The number of rotatable bonds is 3. The Morgan fingerprint density at radius 1 is 1.24 bits per heavy atom. The summed E-state index contributed by atoms with van der Waals surface area (Å²) in [6.45, 7) is 4.80. The quantitative estimate of drug-likeness (QED) is 0.810. The summed E-state index contributed by atoms with van der Waals surface area (Å²) in [6.07, 6.45) is 6.55. The number of likely N-dealkylation sites (N-methyl/N-ethyl adjacent to an activating group) is 1. The zero-order chi connectivity index (χ0) is 12.4. The minimum absolute atomic E-state index is 0.415. The van der Waals surface area contributed by atoms with Crippen LogP contribution in [0, 0.1) is 5.92 Å². The summed E-state index contributed by atoms with van der Waals surface area (Å²) in [5.41, 5.74) is 6.34. The van der Waals surface area contributed by atoms with Crippen LogP contribution in [0.5, 0.6) is 0 Å². The van der Waals surface area contributed by atoms with Crippen molar-refractivity contribution >= 4 is 0 Å². The summed E-state index contributed by atoms with van der Waals surface area (Å²) in [7, 11) is 4.40. The molecule has 0 aromatic heterocycles. The van der Waals surface area contributed by atoms with Crippen LogP contribution in [-0.2, 0) is 0 Å². The monoisotopic (exact) mass is 239 g/mol. The summed E-state index contributed by atoms with van der Waals surface area (Å²) in [5, 5.41) is 0. The molecule has 0 spiro atoms. The zero-order valence-electron chi connectivity index (χ0n) is 11.7. The standard InChI is InChI=1S/C14H29N3/c1-4-11-5-6-13(15)14(9-11)17-8-7-12(10-17)16(2)3/h11-14H,4-10,15H2,1-3H3. The Hall–Kier alpha value is -0.120. The van der Waals surface area contributed by atoms with Gasteiger partial charge in [-0.25, -0.2) is 0 Å². The van der Waals surface area contributed by atoms with Crippen molar-refractivity contribution in [2.45, 2.75) is 57.2 Å². The van der Waals surface area contributed by atoms with E-state index in [1.165, 1.54) is 45.2 Å². The van der Waals surface area contributed by atoms with Crippen LogP contribution in [0.4, 0.5) is 0 Å². The summed E-state index contributed by atoms with van der Waals surface area (Å²) < 4.78 is 0. The van der Waals surface area contributed by atoms with Gasteiger partial charge in [0.15, 0.2) is 0 Å². The van der Waals surface area contributed by atoms with Crippen LogP contribution in [0.15, 0.2) is 0 Å². The molecule has 0 aromatic rings. The van der Waals surface area contributed by atoms with Gasteiger partial charge in [-0.2, -0.15) is 0 Å². The van der Waals surface area contributed by atoms with Crippen molar-refractivity contribution in [3.8, 4) is 0 Å². The third kappa shape index (κ3) is 3.01. The maximum atomic E-state index is 6.34. The average Bonchev–Trinajstić information content (AvgIpc) is 2.79. The van der Waals surface area contributed by atoms with Gasteiger partial charge in [0.25, 0.3) is 0 Å². The number of likely N-dealkylation sites (tertiary alicyclic amines) is 1. The minimum atomic E-state index is 0.415. The molecule has 0 amide bonds. The van der Waals surface area contributed by atoms with Gasteiger partial charge in [-0.1, -0.05) is 13.3 Å². The fourth-order valence-electron chi connectivity index (χ4n) is 3.54. The Morgan fingerprint density at radius 2 is 2.00 bits per heavy atom. The van der Waals surface area contributed by atoms with Crippen molar-refractivity contribution in [3.05, 3.63) is 0 Å². The summed E-state index contributed by atoms with van der Waals surface area (Å²) in [6, 6.07) is 1.81. The van der Waals surface area contributed by atoms with Crippen molar-refractivity contribution in [2.24, 2.45) is 11.7 Å². The molecule has 1 saturated heterocycles. The Labute approximate surface area is 106 Å². The largest absolute Gasteiger partial charge is 0.326 e. The molecule has 17 heavy (non-hydrogen) atoms. The van der Waals surface area contributed by atoms with E-state index < -0.39 is 0 Å². The van der Waals surface area contributed by atoms with Gasteiger partial charge in [0.1, 0.15) is 0 Å². The van der Waals surface area contributed by atoms with Crippen molar-refractivity contribution < 1.29 is 0 Å². The molecular weight excluding hydrogens is 210 g/mol. The molecule has 1 aliphatic carbocycles. The van der Waals surface area contributed by atoms with Crippen molar-refractivity contribution in [3.63, 3.8) is 0 Å². The molecule has 2 fully saturated rings. The molecular formula is C14H29N3. The maximum absolute atomic E-state index is 6.34. The highest BCUT2D eigenvalue weighted by atomic mass is 15.3. The average molecular weight is 239 g/mol. The van der Waals surface area contributed by atoms with Crippen molar-refractivity contribution in [2.75, 3.05) is 27.2 Å². The van der Waals surface area contributed by atoms with Crippen LogP contribution in [0.1, 0.15) is 39.0 Å². The van der Waals surface area contributed by atoms with Crippen LogP contribution < -0.4 is 5.73 Å². The van der Waals surface area contributed by atoms with Gasteiger partial charge < -0.3 is 10.6 Å². The molecule has 2 rings (SSSR count). The highest BCUT2D eigenvalue weighted by molar-refractivity contribution is 4.93. The molecule has 2 N–H and O–H groups in total. The molecule has 0 bridgehead atoms. The minimum Gasteiger partial charge on any atom is -0.326 e. The van der Waals surface area contributed by atoms with Gasteiger partial charge in [0.05, 0.1) is 0 Å². The number of hydrogen-bond donors (Lipinski definition) is 1. The van der Waals surface area contributed by atoms with E-state index in [0.29, 0.717) is 12.1 Å².